The molecule has 7 nitrogen and oxygen atoms in total. The van der Waals surface area contributed by atoms with Gasteiger partial charge >= 0.3 is 0 Å². The Bertz CT molecular complexity index is 1280. The minimum Gasteiger partial charge on any atom is -0.497 e. The highest BCUT2D eigenvalue weighted by atomic mass is 32.2. The van der Waals surface area contributed by atoms with Gasteiger partial charge in [-0.1, -0.05) is 48.2 Å². The van der Waals surface area contributed by atoms with Crippen LogP contribution in [0, 0.1) is 6.92 Å². The molecule has 0 N–H and O–H groups in total. The average Bonchev–Trinajstić information content (AvgIpc) is 2.91. The predicted molar refractivity (Wildman–Crippen MR) is 142 cm³/mol. The van der Waals surface area contributed by atoms with E-state index in [1.54, 1.807) is 7.11 Å². The Kier molecular flexibility index (Phi) is 6.72. The highest BCUT2D eigenvalue weighted by Gasteiger charge is 2.26. The number of anilines is 2. The first-order valence-electron chi connectivity index (χ1n) is 11.4. The van der Waals surface area contributed by atoms with Gasteiger partial charge in [0.1, 0.15) is 24.8 Å². The van der Waals surface area contributed by atoms with E-state index in [1.807, 2.05) is 89.5 Å². The van der Waals surface area contributed by atoms with Crippen LogP contribution in [0.2, 0.25) is 0 Å². The number of rotatable bonds is 5. The zero-order valence-corrected chi connectivity index (χ0v) is 20.5. The standard InChI is InChI=1S/C27H26N4O3S/c1-19-8-13-24-23(16-19)30(14-15-34-24)25(32)17-35-27-29-26(20-6-4-3-5-7-20)28-18-31(27)21-9-11-22(33-2)12-10-21/h3-13,16H,14-15,17-18H2,1-2H3. The van der Waals surface area contributed by atoms with E-state index in [9.17, 15) is 4.79 Å². The highest BCUT2D eigenvalue weighted by molar-refractivity contribution is 8.14. The van der Waals surface area contributed by atoms with E-state index < -0.39 is 0 Å². The molecule has 2 heterocycles. The van der Waals surface area contributed by atoms with Crippen LogP contribution in [0.5, 0.6) is 11.5 Å². The first-order chi connectivity index (χ1) is 17.1. The second kappa shape index (κ2) is 10.2. The smallest absolute Gasteiger partial charge is 0.237 e. The fourth-order valence-corrected chi connectivity index (χ4v) is 4.86. The Hall–Kier alpha value is -3.78. The van der Waals surface area contributed by atoms with Crippen molar-refractivity contribution >= 4 is 40.0 Å². The lowest BCUT2D eigenvalue weighted by Crippen LogP contribution is -2.40. The van der Waals surface area contributed by atoms with Gasteiger partial charge in [0.25, 0.3) is 0 Å². The summed E-state index contributed by atoms with van der Waals surface area (Å²) >= 11 is 1.42. The molecule has 0 radical (unpaired) electrons. The van der Waals surface area contributed by atoms with E-state index in [4.69, 9.17) is 19.5 Å². The molecule has 0 atom stereocenters. The van der Waals surface area contributed by atoms with Gasteiger partial charge in [0.15, 0.2) is 11.0 Å². The van der Waals surface area contributed by atoms with Crippen LogP contribution in [0.1, 0.15) is 11.1 Å². The van der Waals surface area contributed by atoms with E-state index in [0.29, 0.717) is 25.7 Å². The van der Waals surface area contributed by atoms with Crippen molar-refractivity contribution in [3.05, 3.63) is 83.9 Å². The van der Waals surface area contributed by atoms with E-state index in [2.05, 4.69) is 0 Å². The number of aliphatic imine (C=N–C) groups is 2. The van der Waals surface area contributed by atoms with Gasteiger partial charge in [-0.05, 0) is 48.9 Å². The number of ether oxygens (including phenoxy) is 2. The van der Waals surface area contributed by atoms with Crippen molar-refractivity contribution in [1.82, 2.24) is 0 Å². The molecular weight excluding hydrogens is 460 g/mol. The molecule has 5 rings (SSSR count). The molecule has 0 aliphatic carbocycles. The highest BCUT2D eigenvalue weighted by Crippen LogP contribution is 2.33. The molecular formula is C27H26N4O3S. The van der Waals surface area contributed by atoms with E-state index >= 15 is 0 Å². The average molecular weight is 487 g/mol. The van der Waals surface area contributed by atoms with Crippen molar-refractivity contribution in [1.29, 1.82) is 0 Å². The SMILES string of the molecule is COc1ccc(N2CN=C(c3ccccc3)N=C2SCC(=O)N2CCOc3ccc(C)cc32)cc1. The summed E-state index contributed by atoms with van der Waals surface area (Å²) in [5, 5.41) is 0.732. The van der Waals surface area contributed by atoms with Crippen LogP contribution in [0.3, 0.4) is 0 Å². The van der Waals surface area contributed by atoms with Crippen LogP contribution in [-0.2, 0) is 4.79 Å². The number of hydrogen-bond acceptors (Lipinski definition) is 7. The number of nitrogens with zero attached hydrogens (tertiary/aromatic N) is 4. The Morgan fingerprint density at radius 2 is 1.89 bits per heavy atom. The summed E-state index contributed by atoms with van der Waals surface area (Å²) < 4.78 is 11.1. The molecule has 3 aromatic rings. The summed E-state index contributed by atoms with van der Waals surface area (Å²) in [5.74, 6) is 2.46. The second-order valence-electron chi connectivity index (χ2n) is 8.16. The van der Waals surface area contributed by atoms with Gasteiger partial charge in [0.05, 0.1) is 25.1 Å². The maximum Gasteiger partial charge on any atom is 0.237 e. The van der Waals surface area contributed by atoms with Crippen LogP contribution in [0.15, 0.2) is 82.8 Å². The lowest BCUT2D eigenvalue weighted by molar-refractivity contribution is -0.116. The summed E-state index contributed by atoms with van der Waals surface area (Å²) in [5.41, 5.74) is 3.80. The molecule has 2 aliphatic heterocycles. The van der Waals surface area contributed by atoms with Crippen molar-refractivity contribution in [3.8, 4) is 11.5 Å². The zero-order chi connectivity index (χ0) is 24.2. The van der Waals surface area contributed by atoms with Gasteiger partial charge < -0.3 is 19.3 Å². The van der Waals surface area contributed by atoms with Gasteiger partial charge in [-0.3, -0.25) is 4.79 Å². The fourth-order valence-electron chi connectivity index (χ4n) is 3.98. The lowest BCUT2D eigenvalue weighted by Gasteiger charge is -2.31. The molecule has 3 aromatic carbocycles. The Balaban J connectivity index is 1.39. The van der Waals surface area contributed by atoms with E-state index in [0.717, 1.165) is 39.2 Å². The first-order valence-corrected chi connectivity index (χ1v) is 12.4. The lowest BCUT2D eigenvalue weighted by atomic mass is 10.1. The number of methoxy groups -OCH3 is 1. The molecule has 0 bridgehead atoms. The molecule has 0 spiro atoms. The zero-order valence-electron chi connectivity index (χ0n) is 19.7. The largest absolute Gasteiger partial charge is 0.497 e. The molecule has 0 saturated carbocycles. The molecule has 35 heavy (non-hydrogen) atoms. The quantitative estimate of drug-likeness (QED) is 0.521. The van der Waals surface area contributed by atoms with Crippen molar-refractivity contribution in [2.75, 3.05) is 42.5 Å². The Labute approximate surface area is 209 Å². The number of benzene rings is 3. The molecule has 178 valence electrons. The van der Waals surface area contributed by atoms with E-state index in [1.165, 1.54) is 11.8 Å². The van der Waals surface area contributed by atoms with Crippen LogP contribution in [0.4, 0.5) is 11.4 Å². The van der Waals surface area contributed by atoms with Gasteiger partial charge in [-0.2, -0.15) is 0 Å². The number of amidine groups is 2. The molecule has 0 aromatic heterocycles. The normalized spacial score (nSPS) is 15.0. The van der Waals surface area contributed by atoms with Crippen LogP contribution >= 0.6 is 11.8 Å². The number of carbonyl (C=O) groups is 1. The minimum absolute atomic E-state index is 0.0197. The molecule has 0 fully saturated rings. The molecule has 2 aliphatic rings. The number of hydrogen-bond donors (Lipinski definition) is 0. The minimum atomic E-state index is 0.0197. The van der Waals surface area contributed by atoms with E-state index in [-0.39, 0.29) is 11.7 Å². The summed E-state index contributed by atoms with van der Waals surface area (Å²) in [6, 6.07) is 23.6. The van der Waals surface area contributed by atoms with Crippen molar-refractivity contribution < 1.29 is 14.3 Å². The monoisotopic (exact) mass is 486 g/mol. The summed E-state index contributed by atoms with van der Waals surface area (Å²) in [4.78, 5) is 26.7. The molecule has 0 unspecified atom stereocenters. The summed E-state index contributed by atoms with van der Waals surface area (Å²) in [6.45, 7) is 3.44. The number of amides is 1. The van der Waals surface area contributed by atoms with Crippen LogP contribution in [-0.4, -0.2) is 49.6 Å². The van der Waals surface area contributed by atoms with Crippen LogP contribution < -0.4 is 19.3 Å². The number of fused-ring (bicyclic) bond motifs is 1. The third-order valence-corrected chi connectivity index (χ3v) is 6.78. The third-order valence-electron chi connectivity index (χ3n) is 5.81. The molecule has 8 heteroatoms. The van der Waals surface area contributed by atoms with Gasteiger partial charge in [0.2, 0.25) is 5.91 Å². The van der Waals surface area contributed by atoms with Gasteiger partial charge in [-0.15, -0.1) is 0 Å². The summed E-state index contributed by atoms with van der Waals surface area (Å²) in [6.07, 6.45) is 0. The maximum atomic E-state index is 13.3. The van der Waals surface area contributed by atoms with Crippen LogP contribution in [0.25, 0.3) is 0 Å². The fraction of sp³-hybridized carbons (Fsp3) is 0.222. The number of aryl methyl sites for hydroxylation is 1. The van der Waals surface area contributed by atoms with Gasteiger partial charge in [0, 0.05) is 11.3 Å². The topological polar surface area (TPSA) is 66.7 Å². The molecule has 1 amide bonds. The first kappa shape index (κ1) is 23.0. The van der Waals surface area contributed by atoms with Crippen molar-refractivity contribution in [2.24, 2.45) is 9.98 Å². The number of carbonyl (C=O) groups excluding carboxylic acids is 1. The Morgan fingerprint density at radius 1 is 1.09 bits per heavy atom. The predicted octanol–water partition coefficient (Wildman–Crippen LogP) is 4.74. The summed E-state index contributed by atoms with van der Waals surface area (Å²) in [7, 11) is 1.64. The van der Waals surface area contributed by atoms with Crippen molar-refractivity contribution in [2.45, 2.75) is 6.92 Å². The second-order valence-corrected chi connectivity index (χ2v) is 9.11. The molecule has 0 saturated heterocycles. The van der Waals surface area contributed by atoms with Gasteiger partial charge in [-0.25, -0.2) is 9.98 Å². The third kappa shape index (κ3) is 5.02. The van der Waals surface area contributed by atoms with Crippen molar-refractivity contribution in [3.63, 3.8) is 0 Å². The maximum absolute atomic E-state index is 13.3. The number of thioether (sulfide) groups is 1. The Morgan fingerprint density at radius 3 is 2.66 bits per heavy atom.